The second-order valence-corrected chi connectivity index (χ2v) is 3.40. The highest BCUT2D eigenvalue weighted by molar-refractivity contribution is 9.10. The van der Waals surface area contributed by atoms with Gasteiger partial charge in [-0.3, -0.25) is 4.79 Å². The van der Waals surface area contributed by atoms with E-state index in [9.17, 15) is 4.79 Å². The van der Waals surface area contributed by atoms with Crippen LogP contribution in [-0.2, 0) is 0 Å². The number of hydrogen-bond acceptors (Lipinski definition) is 3. The standard InChI is InChI=1S/C9H6BrN3O/c10-7-3-1-4-8(12-7)13-9(14)5-2-6-11-13/h1-6H. The van der Waals surface area contributed by atoms with Gasteiger partial charge >= 0.3 is 0 Å². The van der Waals surface area contributed by atoms with Gasteiger partial charge in [0.25, 0.3) is 5.56 Å². The number of halogens is 1. The zero-order valence-corrected chi connectivity index (χ0v) is 8.68. The topological polar surface area (TPSA) is 47.8 Å². The molecule has 0 fully saturated rings. The first-order valence-electron chi connectivity index (χ1n) is 3.95. The lowest BCUT2D eigenvalue weighted by atomic mass is 10.4. The highest BCUT2D eigenvalue weighted by Gasteiger charge is 2.00. The van der Waals surface area contributed by atoms with Gasteiger partial charge in [-0.2, -0.15) is 9.78 Å². The molecule has 5 heteroatoms. The summed E-state index contributed by atoms with van der Waals surface area (Å²) >= 11 is 3.23. The Morgan fingerprint density at radius 2 is 2.07 bits per heavy atom. The van der Waals surface area contributed by atoms with Gasteiger partial charge < -0.3 is 0 Å². The molecule has 0 radical (unpaired) electrons. The smallest absolute Gasteiger partial charge is 0.267 e. The Labute approximate surface area is 88.4 Å². The van der Waals surface area contributed by atoms with Crippen LogP contribution in [-0.4, -0.2) is 14.8 Å². The molecule has 0 aliphatic carbocycles. The van der Waals surface area contributed by atoms with Gasteiger partial charge in [-0.1, -0.05) is 6.07 Å². The van der Waals surface area contributed by atoms with Crippen LogP contribution in [0.4, 0.5) is 0 Å². The quantitative estimate of drug-likeness (QED) is 0.720. The first kappa shape index (κ1) is 9.08. The van der Waals surface area contributed by atoms with Crippen molar-refractivity contribution in [1.29, 1.82) is 0 Å². The minimum absolute atomic E-state index is 0.196. The van der Waals surface area contributed by atoms with Crippen molar-refractivity contribution < 1.29 is 0 Å². The molecule has 0 aliphatic rings. The van der Waals surface area contributed by atoms with Crippen molar-refractivity contribution in [3.8, 4) is 5.82 Å². The summed E-state index contributed by atoms with van der Waals surface area (Å²) in [7, 11) is 0. The van der Waals surface area contributed by atoms with Crippen LogP contribution in [0.3, 0.4) is 0 Å². The second-order valence-electron chi connectivity index (χ2n) is 2.59. The van der Waals surface area contributed by atoms with E-state index in [1.165, 1.54) is 10.7 Å². The second kappa shape index (κ2) is 3.71. The Bertz CT molecular complexity index is 509. The van der Waals surface area contributed by atoms with Crippen LogP contribution < -0.4 is 5.56 Å². The summed E-state index contributed by atoms with van der Waals surface area (Å²) in [5, 5.41) is 3.91. The zero-order valence-electron chi connectivity index (χ0n) is 7.09. The monoisotopic (exact) mass is 251 g/mol. The lowest BCUT2D eigenvalue weighted by Gasteiger charge is -2.01. The molecule has 0 saturated heterocycles. The van der Waals surface area contributed by atoms with E-state index in [4.69, 9.17) is 0 Å². The number of nitrogens with zero attached hydrogens (tertiary/aromatic N) is 3. The number of pyridine rings is 1. The molecule has 0 atom stereocenters. The molecule has 0 bridgehead atoms. The average Bonchev–Trinajstić information content (AvgIpc) is 2.18. The molecule has 0 saturated carbocycles. The largest absolute Gasteiger partial charge is 0.272 e. The normalized spacial score (nSPS) is 10.1. The SMILES string of the molecule is O=c1cccnn1-c1cccc(Br)n1. The Kier molecular flexibility index (Phi) is 2.41. The van der Waals surface area contributed by atoms with Crippen LogP contribution in [0.5, 0.6) is 0 Å². The van der Waals surface area contributed by atoms with Gasteiger partial charge in [0, 0.05) is 12.3 Å². The van der Waals surface area contributed by atoms with Crippen LogP contribution >= 0.6 is 15.9 Å². The number of rotatable bonds is 1. The number of aromatic nitrogens is 3. The van der Waals surface area contributed by atoms with Crippen LogP contribution in [0.15, 0.2) is 45.9 Å². The van der Waals surface area contributed by atoms with Crippen LogP contribution in [0.1, 0.15) is 0 Å². The molecular formula is C9H6BrN3O. The van der Waals surface area contributed by atoms with Crippen molar-refractivity contribution in [3.05, 3.63) is 51.5 Å². The van der Waals surface area contributed by atoms with E-state index in [0.717, 1.165) is 0 Å². The minimum atomic E-state index is -0.196. The molecular weight excluding hydrogens is 246 g/mol. The Morgan fingerprint density at radius 1 is 1.21 bits per heavy atom. The van der Waals surface area contributed by atoms with Gasteiger partial charge in [-0.15, -0.1) is 0 Å². The van der Waals surface area contributed by atoms with Crippen molar-refractivity contribution in [3.63, 3.8) is 0 Å². The summed E-state index contributed by atoms with van der Waals surface area (Å²) in [5.41, 5.74) is -0.196. The predicted molar refractivity (Wildman–Crippen MR) is 55.3 cm³/mol. The van der Waals surface area contributed by atoms with E-state index in [1.54, 1.807) is 30.5 Å². The first-order valence-corrected chi connectivity index (χ1v) is 4.74. The van der Waals surface area contributed by atoms with Gasteiger partial charge in [0.15, 0.2) is 5.82 Å². The van der Waals surface area contributed by atoms with Crippen LogP contribution in [0.2, 0.25) is 0 Å². The summed E-state index contributed by atoms with van der Waals surface area (Å²) in [5.74, 6) is 0.505. The third kappa shape index (κ3) is 1.72. The molecule has 70 valence electrons. The van der Waals surface area contributed by atoms with Gasteiger partial charge in [0.05, 0.1) is 0 Å². The minimum Gasteiger partial charge on any atom is -0.267 e. The molecule has 0 amide bonds. The molecule has 14 heavy (non-hydrogen) atoms. The average molecular weight is 252 g/mol. The van der Waals surface area contributed by atoms with Crippen molar-refractivity contribution in [1.82, 2.24) is 14.8 Å². The highest BCUT2D eigenvalue weighted by atomic mass is 79.9. The molecule has 0 aromatic carbocycles. The molecule has 2 heterocycles. The molecule has 0 N–H and O–H groups in total. The molecule has 4 nitrogen and oxygen atoms in total. The lowest BCUT2D eigenvalue weighted by Crippen LogP contribution is -2.20. The predicted octanol–water partition coefficient (Wildman–Crippen LogP) is 1.39. The maximum absolute atomic E-state index is 11.4. The third-order valence-corrected chi connectivity index (χ3v) is 2.07. The van der Waals surface area contributed by atoms with Gasteiger partial charge in [-0.05, 0) is 34.1 Å². The maximum atomic E-state index is 11.4. The molecule has 2 aromatic rings. The van der Waals surface area contributed by atoms with E-state index in [-0.39, 0.29) is 5.56 Å². The maximum Gasteiger partial charge on any atom is 0.272 e. The van der Waals surface area contributed by atoms with Gasteiger partial charge in [-0.25, -0.2) is 4.98 Å². The number of hydrogen-bond donors (Lipinski definition) is 0. The third-order valence-electron chi connectivity index (χ3n) is 1.63. The molecule has 0 unspecified atom stereocenters. The molecule has 0 aliphatic heterocycles. The first-order chi connectivity index (χ1) is 6.77. The molecule has 0 spiro atoms. The molecule has 2 aromatic heterocycles. The van der Waals surface area contributed by atoms with Crippen molar-refractivity contribution in [2.24, 2.45) is 0 Å². The van der Waals surface area contributed by atoms with Crippen LogP contribution in [0.25, 0.3) is 5.82 Å². The Balaban J connectivity index is 2.61. The van der Waals surface area contributed by atoms with E-state index in [0.29, 0.717) is 10.4 Å². The fourth-order valence-electron chi connectivity index (χ4n) is 1.05. The summed E-state index contributed by atoms with van der Waals surface area (Å²) in [6.07, 6.45) is 1.55. The van der Waals surface area contributed by atoms with Crippen LogP contribution in [0, 0.1) is 0 Å². The Morgan fingerprint density at radius 3 is 2.79 bits per heavy atom. The van der Waals surface area contributed by atoms with Gasteiger partial charge in [0.2, 0.25) is 0 Å². The summed E-state index contributed by atoms with van der Waals surface area (Å²) < 4.78 is 1.91. The summed E-state index contributed by atoms with van der Waals surface area (Å²) in [4.78, 5) is 15.5. The van der Waals surface area contributed by atoms with E-state index in [2.05, 4.69) is 26.0 Å². The fraction of sp³-hybridized carbons (Fsp3) is 0. The van der Waals surface area contributed by atoms with E-state index >= 15 is 0 Å². The lowest BCUT2D eigenvalue weighted by molar-refractivity contribution is 0.779. The van der Waals surface area contributed by atoms with Crippen molar-refractivity contribution >= 4 is 15.9 Å². The molecule has 2 rings (SSSR count). The summed E-state index contributed by atoms with van der Waals surface area (Å²) in [6.45, 7) is 0. The highest BCUT2D eigenvalue weighted by Crippen LogP contribution is 2.07. The summed E-state index contributed by atoms with van der Waals surface area (Å²) in [6, 6.07) is 8.34. The fourth-order valence-corrected chi connectivity index (χ4v) is 1.38. The van der Waals surface area contributed by atoms with Crippen molar-refractivity contribution in [2.45, 2.75) is 0 Å². The Hall–Kier alpha value is -1.49. The van der Waals surface area contributed by atoms with Gasteiger partial charge in [0.1, 0.15) is 4.60 Å². The zero-order chi connectivity index (χ0) is 9.97. The van der Waals surface area contributed by atoms with E-state index < -0.39 is 0 Å². The van der Waals surface area contributed by atoms with Crippen molar-refractivity contribution in [2.75, 3.05) is 0 Å². The van der Waals surface area contributed by atoms with E-state index in [1.807, 2.05) is 0 Å².